The number of carbonyl (C=O) groups is 1. The molecule has 0 radical (unpaired) electrons. The maximum atomic E-state index is 11.1. The van der Waals surface area contributed by atoms with Crippen molar-refractivity contribution in [3.8, 4) is 0 Å². The summed E-state index contributed by atoms with van der Waals surface area (Å²) in [5, 5.41) is 22.2. The van der Waals surface area contributed by atoms with Gasteiger partial charge in [-0.1, -0.05) is 24.3 Å². The molecule has 0 spiro atoms. The molecule has 1 aromatic heterocycles. The van der Waals surface area contributed by atoms with Gasteiger partial charge in [0.15, 0.2) is 5.82 Å². The van der Waals surface area contributed by atoms with Gasteiger partial charge in [0.1, 0.15) is 0 Å². The molecule has 0 saturated heterocycles. The second kappa shape index (κ2) is 3.94. The van der Waals surface area contributed by atoms with Gasteiger partial charge in [-0.3, -0.25) is 4.79 Å². The fourth-order valence-electron chi connectivity index (χ4n) is 2.03. The Morgan fingerprint density at radius 3 is 2.89 bits per heavy atom. The molecule has 0 atom stereocenters. The third kappa shape index (κ3) is 1.77. The first-order valence-corrected chi connectivity index (χ1v) is 5.89. The van der Waals surface area contributed by atoms with Crippen molar-refractivity contribution < 1.29 is 9.90 Å². The summed E-state index contributed by atoms with van der Waals surface area (Å²) in [6.45, 7) is 0.408. The second-order valence-corrected chi connectivity index (χ2v) is 4.72. The van der Waals surface area contributed by atoms with Gasteiger partial charge >= 0.3 is 5.97 Å². The highest BCUT2D eigenvalue weighted by molar-refractivity contribution is 5.91. The fourth-order valence-corrected chi connectivity index (χ4v) is 2.03. The van der Waals surface area contributed by atoms with Gasteiger partial charge in [-0.05, 0) is 12.8 Å². The minimum Gasteiger partial charge on any atom is -0.481 e. The molecule has 1 saturated carbocycles. The van der Waals surface area contributed by atoms with Crippen LogP contribution in [0.25, 0.3) is 10.8 Å². The van der Waals surface area contributed by atoms with E-state index < -0.39 is 11.4 Å². The predicted octanol–water partition coefficient (Wildman–Crippen LogP) is 1.91. The quantitative estimate of drug-likeness (QED) is 0.857. The normalized spacial score (nSPS) is 16.4. The van der Waals surface area contributed by atoms with E-state index in [2.05, 4.69) is 15.5 Å². The smallest absolute Gasteiger partial charge is 0.311 e. The first kappa shape index (κ1) is 11.0. The number of carboxylic acids is 1. The number of anilines is 1. The molecular weight excluding hydrogens is 230 g/mol. The number of hydrogen-bond acceptors (Lipinski definition) is 4. The Kier molecular flexibility index (Phi) is 2.40. The van der Waals surface area contributed by atoms with Gasteiger partial charge in [0.2, 0.25) is 0 Å². The van der Waals surface area contributed by atoms with Gasteiger partial charge in [-0.15, -0.1) is 5.10 Å². The largest absolute Gasteiger partial charge is 0.481 e. The molecule has 2 N–H and O–H groups in total. The molecule has 5 nitrogen and oxygen atoms in total. The van der Waals surface area contributed by atoms with Crippen LogP contribution >= 0.6 is 0 Å². The molecule has 1 aliphatic rings. The van der Waals surface area contributed by atoms with E-state index in [1.165, 1.54) is 0 Å². The summed E-state index contributed by atoms with van der Waals surface area (Å²) in [7, 11) is 0. The van der Waals surface area contributed by atoms with Gasteiger partial charge < -0.3 is 10.4 Å². The molecule has 92 valence electrons. The minimum atomic E-state index is -0.733. The van der Waals surface area contributed by atoms with Crippen LogP contribution in [0, 0.1) is 5.41 Å². The number of benzene rings is 1. The van der Waals surface area contributed by atoms with E-state index in [0.29, 0.717) is 12.4 Å². The maximum Gasteiger partial charge on any atom is 0.311 e. The van der Waals surface area contributed by atoms with Gasteiger partial charge in [0, 0.05) is 17.3 Å². The lowest BCUT2D eigenvalue weighted by Crippen LogP contribution is -2.24. The summed E-state index contributed by atoms with van der Waals surface area (Å²) >= 11 is 0. The molecule has 0 unspecified atom stereocenters. The Hall–Kier alpha value is -2.17. The average Bonchev–Trinajstić information content (AvgIpc) is 3.17. The third-order valence-corrected chi connectivity index (χ3v) is 3.47. The number of fused-ring (bicyclic) bond motifs is 1. The summed E-state index contributed by atoms with van der Waals surface area (Å²) in [5.41, 5.74) is -0.599. The van der Waals surface area contributed by atoms with Crippen molar-refractivity contribution in [1.82, 2.24) is 10.2 Å². The van der Waals surface area contributed by atoms with Crippen LogP contribution in [0.3, 0.4) is 0 Å². The van der Waals surface area contributed by atoms with Crippen molar-refractivity contribution in [3.05, 3.63) is 30.5 Å². The molecule has 0 bridgehead atoms. The summed E-state index contributed by atoms with van der Waals surface area (Å²) in [6, 6.07) is 7.78. The summed E-state index contributed by atoms with van der Waals surface area (Å²) < 4.78 is 0. The van der Waals surface area contributed by atoms with E-state index in [1.54, 1.807) is 6.20 Å². The Morgan fingerprint density at radius 1 is 1.39 bits per heavy atom. The van der Waals surface area contributed by atoms with Crippen LogP contribution < -0.4 is 5.32 Å². The Morgan fingerprint density at radius 2 is 2.17 bits per heavy atom. The van der Waals surface area contributed by atoms with Crippen LogP contribution in [0.2, 0.25) is 0 Å². The SMILES string of the molecule is O=C(O)C1(CNc2nncc3ccccc23)CC1. The number of aliphatic carboxylic acids is 1. The molecule has 1 fully saturated rings. The van der Waals surface area contributed by atoms with E-state index >= 15 is 0 Å². The predicted molar refractivity (Wildman–Crippen MR) is 67.3 cm³/mol. The van der Waals surface area contributed by atoms with E-state index in [9.17, 15) is 4.79 Å². The van der Waals surface area contributed by atoms with Crippen molar-refractivity contribution in [3.63, 3.8) is 0 Å². The zero-order chi connectivity index (χ0) is 12.6. The number of nitrogens with one attached hydrogen (secondary N) is 1. The lowest BCUT2D eigenvalue weighted by atomic mass is 10.1. The number of hydrogen-bond donors (Lipinski definition) is 2. The maximum absolute atomic E-state index is 11.1. The number of aromatic nitrogens is 2. The molecule has 0 amide bonds. The lowest BCUT2D eigenvalue weighted by Gasteiger charge is -2.12. The highest BCUT2D eigenvalue weighted by Gasteiger charge is 2.50. The zero-order valence-corrected chi connectivity index (χ0v) is 9.76. The molecule has 1 aromatic carbocycles. The fraction of sp³-hybridized carbons (Fsp3) is 0.308. The Labute approximate surface area is 104 Å². The standard InChI is InChI=1S/C13H13N3O2/c17-12(18)13(5-6-13)8-14-11-10-4-2-1-3-9(10)7-15-16-11/h1-4,7H,5-6,8H2,(H,14,16)(H,17,18). The van der Waals surface area contributed by atoms with E-state index in [0.717, 1.165) is 23.6 Å². The molecule has 3 rings (SSSR count). The van der Waals surface area contributed by atoms with Crippen LogP contribution in [0.1, 0.15) is 12.8 Å². The Bertz CT molecular complexity index is 603. The first-order valence-electron chi connectivity index (χ1n) is 5.89. The lowest BCUT2D eigenvalue weighted by molar-refractivity contribution is -0.142. The van der Waals surface area contributed by atoms with Gasteiger partial charge in [-0.2, -0.15) is 5.10 Å². The highest BCUT2D eigenvalue weighted by Crippen LogP contribution is 2.45. The molecule has 1 heterocycles. The number of carboxylic acid groups (broad SMARTS) is 1. The van der Waals surface area contributed by atoms with Gasteiger partial charge in [-0.25, -0.2) is 0 Å². The van der Waals surface area contributed by atoms with E-state index in [-0.39, 0.29) is 0 Å². The van der Waals surface area contributed by atoms with Crippen molar-refractivity contribution in [1.29, 1.82) is 0 Å². The van der Waals surface area contributed by atoms with Crippen molar-refractivity contribution in [2.75, 3.05) is 11.9 Å². The Balaban J connectivity index is 1.85. The van der Waals surface area contributed by atoms with Crippen LogP contribution in [0.5, 0.6) is 0 Å². The molecule has 5 heteroatoms. The number of nitrogens with zero attached hydrogens (tertiary/aromatic N) is 2. The van der Waals surface area contributed by atoms with Crippen molar-refractivity contribution in [2.45, 2.75) is 12.8 Å². The monoisotopic (exact) mass is 243 g/mol. The van der Waals surface area contributed by atoms with Crippen molar-refractivity contribution in [2.24, 2.45) is 5.41 Å². The van der Waals surface area contributed by atoms with E-state index in [4.69, 9.17) is 5.11 Å². The number of rotatable bonds is 4. The van der Waals surface area contributed by atoms with Crippen LogP contribution in [-0.4, -0.2) is 27.8 Å². The molecular formula is C13H13N3O2. The second-order valence-electron chi connectivity index (χ2n) is 4.72. The summed E-state index contributed by atoms with van der Waals surface area (Å²) in [4.78, 5) is 11.1. The van der Waals surface area contributed by atoms with Crippen molar-refractivity contribution >= 4 is 22.6 Å². The van der Waals surface area contributed by atoms with Crippen LogP contribution in [-0.2, 0) is 4.79 Å². The summed E-state index contributed by atoms with van der Waals surface area (Å²) in [6.07, 6.45) is 3.16. The van der Waals surface area contributed by atoms with Crippen LogP contribution in [0.15, 0.2) is 30.5 Å². The molecule has 1 aliphatic carbocycles. The van der Waals surface area contributed by atoms with Gasteiger partial charge in [0.05, 0.1) is 11.6 Å². The molecule has 0 aliphatic heterocycles. The van der Waals surface area contributed by atoms with Gasteiger partial charge in [0.25, 0.3) is 0 Å². The zero-order valence-electron chi connectivity index (χ0n) is 9.76. The third-order valence-electron chi connectivity index (χ3n) is 3.47. The van der Waals surface area contributed by atoms with Crippen LogP contribution in [0.4, 0.5) is 5.82 Å². The topological polar surface area (TPSA) is 75.1 Å². The minimum absolute atomic E-state index is 0.408. The van der Waals surface area contributed by atoms with E-state index in [1.807, 2.05) is 24.3 Å². The molecule has 2 aromatic rings. The first-order chi connectivity index (χ1) is 8.71. The summed E-state index contributed by atoms with van der Waals surface area (Å²) in [5.74, 6) is -0.0798. The average molecular weight is 243 g/mol. The molecule has 18 heavy (non-hydrogen) atoms. The highest BCUT2D eigenvalue weighted by atomic mass is 16.4.